The van der Waals surface area contributed by atoms with Crippen molar-refractivity contribution >= 4 is 35.1 Å². The molecule has 0 aromatic heterocycles. The summed E-state index contributed by atoms with van der Waals surface area (Å²) >= 11 is 4.50. The summed E-state index contributed by atoms with van der Waals surface area (Å²) in [5, 5.41) is 4.63. The van der Waals surface area contributed by atoms with Crippen LogP contribution in [0.1, 0.15) is 39.0 Å². The molecule has 6 nitrogen and oxygen atoms in total. The first-order valence-corrected chi connectivity index (χ1v) is 5.78. The quantitative estimate of drug-likeness (QED) is 0.374. The SMILES string of the molecule is CCCCCC(N)=O.O=C1CC(=O)NC(=S)N1. The Morgan fingerprint density at radius 2 is 1.82 bits per heavy atom. The Balaban J connectivity index is 0.000000304. The lowest BCUT2D eigenvalue weighted by Gasteiger charge is -2.12. The lowest BCUT2D eigenvalue weighted by molar-refractivity contribution is -0.129. The maximum atomic E-state index is 10.4. The summed E-state index contributed by atoms with van der Waals surface area (Å²) in [4.78, 5) is 30.9. The maximum Gasteiger partial charge on any atom is 0.235 e. The van der Waals surface area contributed by atoms with Gasteiger partial charge >= 0.3 is 0 Å². The largest absolute Gasteiger partial charge is 0.370 e. The lowest BCUT2D eigenvalue weighted by Crippen LogP contribution is -2.49. The number of rotatable bonds is 4. The number of nitrogens with two attached hydrogens (primary N) is 1. The fourth-order valence-electron chi connectivity index (χ4n) is 1.07. The zero-order chi connectivity index (χ0) is 13.3. The van der Waals surface area contributed by atoms with Crippen molar-refractivity contribution in [3.05, 3.63) is 0 Å². The summed E-state index contributed by atoms with van der Waals surface area (Å²) < 4.78 is 0. The van der Waals surface area contributed by atoms with E-state index in [-0.39, 0.29) is 29.3 Å². The van der Waals surface area contributed by atoms with Crippen LogP contribution in [0.3, 0.4) is 0 Å². The fraction of sp³-hybridized carbons (Fsp3) is 0.600. The molecule has 3 amide bonds. The number of unbranched alkanes of at least 4 members (excludes halogenated alkanes) is 2. The molecule has 0 bridgehead atoms. The highest BCUT2D eigenvalue weighted by Gasteiger charge is 2.17. The molecule has 0 atom stereocenters. The van der Waals surface area contributed by atoms with E-state index in [0.717, 1.165) is 19.3 Å². The summed E-state index contributed by atoms with van der Waals surface area (Å²) in [6.07, 6.45) is 3.63. The van der Waals surface area contributed by atoms with Crippen LogP contribution in [0, 0.1) is 0 Å². The standard InChI is InChI=1S/C6H13NO.C4H4N2O2S/c1-2-3-4-5-6(7)8;7-2-1-3(8)6-4(9)5-2/h2-5H2,1H3,(H2,7,8);1H2,(H2,5,6,7,8,9). The van der Waals surface area contributed by atoms with E-state index in [4.69, 9.17) is 5.73 Å². The van der Waals surface area contributed by atoms with Gasteiger partial charge in [-0.3, -0.25) is 14.4 Å². The molecule has 1 fully saturated rings. The van der Waals surface area contributed by atoms with Gasteiger partial charge in [0.1, 0.15) is 6.42 Å². The molecule has 0 aromatic carbocycles. The predicted molar refractivity (Wildman–Crippen MR) is 66.8 cm³/mol. The summed E-state index contributed by atoms with van der Waals surface area (Å²) in [5.41, 5.74) is 4.89. The minimum absolute atomic E-state index is 0.0938. The number of amides is 3. The molecule has 0 aromatic rings. The van der Waals surface area contributed by atoms with Crippen molar-refractivity contribution in [1.82, 2.24) is 10.6 Å². The second kappa shape index (κ2) is 8.63. The van der Waals surface area contributed by atoms with Gasteiger partial charge in [-0.1, -0.05) is 19.8 Å². The summed E-state index contributed by atoms with van der Waals surface area (Å²) in [5.74, 6) is -0.869. The van der Waals surface area contributed by atoms with E-state index in [1.807, 2.05) is 0 Å². The molecule has 0 radical (unpaired) electrons. The second-order valence-corrected chi connectivity index (χ2v) is 3.93. The van der Waals surface area contributed by atoms with Crippen LogP contribution in [0.15, 0.2) is 0 Å². The molecule has 1 aliphatic heterocycles. The van der Waals surface area contributed by atoms with E-state index in [0.29, 0.717) is 6.42 Å². The highest BCUT2D eigenvalue weighted by molar-refractivity contribution is 7.80. The van der Waals surface area contributed by atoms with Crippen LogP contribution in [0.2, 0.25) is 0 Å². The minimum atomic E-state index is -0.344. The van der Waals surface area contributed by atoms with Crippen LogP contribution < -0.4 is 16.4 Å². The van der Waals surface area contributed by atoms with E-state index in [1.165, 1.54) is 0 Å². The van der Waals surface area contributed by atoms with Crippen molar-refractivity contribution in [3.63, 3.8) is 0 Å². The molecule has 1 heterocycles. The van der Waals surface area contributed by atoms with E-state index in [1.54, 1.807) is 0 Å². The average molecular weight is 259 g/mol. The van der Waals surface area contributed by atoms with E-state index in [2.05, 4.69) is 29.8 Å². The third-order valence-electron chi connectivity index (χ3n) is 1.85. The Morgan fingerprint density at radius 1 is 1.29 bits per heavy atom. The maximum absolute atomic E-state index is 10.4. The van der Waals surface area contributed by atoms with Crippen LogP contribution in [0.4, 0.5) is 0 Å². The van der Waals surface area contributed by atoms with Gasteiger partial charge in [-0.05, 0) is 18.6 Å². The minimum Gasteiger partial charge on any atom is -0.370 e. The zero-order valence-corrected chi connectivity index (χ0v) is 10.6. The van der Waals surface area contributed by atoms with Crippen molar-refractivity contribution in [1.29, 1.82) is 0 Å². The first kappa shape index (κ1) is 15.5. The highest BCUT2D eigenvalue weighted by atomic mass is 32.1. The van der Waals surface area contributed by atoms with E-state index in [9.17, 15) is 14.4 Å². The van der Waals surface area contributed by atoms with E-state index < -0.39 is 0 Å². The second-order valence-electron chi connectivity index (χ2n) is 3.53. The van der Waals surface area contributed by atoms with Gasteiger partial charge < -0.3 is 16.4 Å². The molecule has 0 unspecified atom stereocenters. The van der Waals surface area contributed by atoms with Gasteiger partial charge in [-0.15, -0.1) is 0 Å². The van der Waals surface area contributed by atoms with Gasteiger partial charge in [-0.2, -0.15) is 0 Å². The van der Waals surface area contributed by atoms with Crippen LogP contribution in [0.5, 0.6) is 0 Å². The number of thiocarbonyl (C=S) groups is 1. The molecule has 4 N–H and O–H groups in total. The molecule has 1 aliphatic rings. The summed E-state index contributed by atoms with van der Waals surface area (Å²) in [6, 6.07) is 0. The molecule has 96 valence electrons. The summed E-state index contributed by atoms with van der Waals surface area (Å²) in [7, 11) is 0. The van der Waals surface area contributed by atoms with Crippen molar-refractivity contribution in [2.75, 3.05) is 0 Å². The first-order chi connectivity index (χ1) is 7.95. The molecular weight excluding hydrogens is 242 g/mol. The normalized spacial score (nSPS) is 14.3. The molecule has 1 saturated heterocycles. The smallest absolute Gasteiger partial charge is 0.235 e. The van der Waals surface area contributed by atoms with Gasteiger partial charge in [0.15, 0.2) is 5.11 Å². The third kappa shape index (κ3) is 9.43. The Kier molecular flexibility index (Phi) is 7.87. The number of hydrogen-bond acceptors (Lipinski definition) is 4. The third-order valence-corrected chi connectivity index (χ3v) is 2.06. The zero-order valence-electron chi connectivity index (χ0n) is 9.75. The summed E-state index contributed by atoms with van der Waals surface area (Å²) in [6.45, 7) is 2.10. The van der Waals surface area contributed by atoms with Crippen LogP contribution in [0.25, 0.3) is 0 Å². The van der Waals surface area contributed by atoms with Crippen LogP contribution in [-0.4, -0.2) is 22.8 Å². The Hall–Kier alpha value is -1.50. The number of primary amides is 1. The van der Waals surface area contributed by atoms with Crippen molar-refractivity contribution < 1.29 is 14.4 Å². The van der Waals surface area contributed by atoms with Crippen molar-refractivity contribution in [3.8, 4) is 0 Å². The monoisotopic (exact) mass is 259 g/mol. The molecule has 1 rings (SSSR count). The number of carbonyl (C=O) groups is 3. The lowest BCUT2D eigenvalue weighted by atomic mass is 10.2. The molecule has 0 saturated carbocycles. The molecule has 7 heteroatoms. The van der Waals surface area contributed by atoms with Crippen molar-refractivity contribution in [2.24, 2.45) is 5.73 Å². The van der Waals surface area contributed by atoms with Gasteiger partial charge in [0, 0.05) is 6.42 Å². The Bertz CT molecular complexity index is 273. The Morgan fingerprint density at radius 3 is 2.18 bits per heavy atom. The number of carbonyl (C=O) groups excluding carboxylic acids is 3. The van der Waals surface area contributed by atoms with Gasteiger partial charge in [0.2, 0.25) is 17.7 Å². The topological polar surface area (TPSA) is 101 Å². The molecule has 0 spiro atoms. The van der Waals surface area contributed by atoms with Crippen molar-refractivity contribution in [2.45, 2.75) is 39.0 Å². The Labute approximate surface area is 105 Å². The van der Waals surface area contributed by atoms with Gasteiger partial charge in [0.05, 0.1) is 0 Å². The first-order valence-electron chi connectivity index (χ1n) is 5.37. The fourth-order valence-corrected chi connectivity index (χ4v) is 1.30. The predicted octanol–water partition coefficient (Wildman–Crippen LogP) is -0.0406. The van der Waals surface area contributed by atoms with Gasteiger partial charge in [0.25, 0.3) is 0 Å². The molecule has 17 heavy (non-hydrogen) atoms. The van der Waals surface area contributed by atoms with Crippen LogP contribution in [-0.2, 0) is 14.4 Å². The number of hydrogen-bond donors (Lipinski definition) is 3. The average Bonchev–Trinajstić information content (AvgIpc) is 2.16. The van der Waals surface area contributed by atoms with E-state index >= 15 is 0 Å². The molecule has 0 aliphatic carbocycles. The highest BCUT2D eigenvalue weighted by Crippen LogP contribution is 1.96. The van der Waals surface area contributed by atoms with Gasteiger partial charge in [-0.25, -0.2) is 0 Å². The van der Waals surface area contributed by atoms with Crippen LogP contribution >= 0.6 is 12.2 Å². The molecular formula is C10H17N3O3S. The number of nitrogens with one attached hydrogen (secondary N) is 2.